The molecule has 0 bridgehead atoms. The summed E-state index contributed by atoms with van der Waals surface area (Å²) >= 11 is 0. The Morgan fingerprint density at radius 2 is 1.86 bits per heavy atom. The zero-order chi connectivity index (χ0) is 36.8. The lowest BCUT2D eigenvalue weighted by molar-refractivity contribution is -0.305. The molecule has 13 atom stereocenters. The van der Waals surface area contributed by atoms with Crippen LogP contribution in [0.15, 0.2) is 11.8 Å². The Labute approximate surface area is 286 Å². The summed E-state index contributed by atoms with van der Waals surface area (Å²) < 4.78 is 23.6. The lowest BCUT2D eigenvalue weighted by atomic mass is 9.72. The molecule has 0 radical (unpaired) electrons. The number of nitrogens with zero attached hydrogens (tertiary/aromatic N) is 1. The van der Waals surface area contributed by atoms with Gasteiger partial charge in [-0.25, -0.2) is 4.79 Å². The van der Waals surface area contributed by atoms with Crippen molar-refractivity contribution in [2.45, 2.75) is 125 Å². The van der Waals surface area contributed by atoms with Gasteiger partial charge in [-0.1, -0.05) is 0 Å². The summed E-state index contributed by atoms with van der Waals surface area (Å²) in [7, 11) is 1.36. The third-order valence-corrected chi connectivity index (χ3v) is 8.98. The first-order valence-corrected chi connectivity index (χ1v) is 16.7. The number of hydrogen-bond donors (Lipinski definition) is 11. The number of ether oxygens (including phenoxy) is 4. The molecule has 3 aliphatic rings. The molecule has 0 aromatic rings. The molecule has 18 heteroatoms. The number of hydrogen-bond acceptors (Lipinski definition) is 16. The number of amides is 2. The van der Waals surface area contributed by atoms with Crippen LogP contribution in [-0.2, 0) is 23.7 Å². The van der Waals surface area contributed by atoms with Crippen molar-refractivity contribution >= 4 is 12.0 Å². The fourth-order valence-corrected chi connectivity index (χ4v) is 6.55. The summed E-state index contributed by atoms with van der Waals surface area (Å²) in [6.45, 7) is 5.95. The van der Waals surface area contributed by atoms with Gasteiger partial charge in [-0.3, -0.25) is 4.79 Å². The van der Waals surface area contributed by atoms with Gasteiger partial charge in [0, 0.05) is 31.6 Å². The maximum absolute atomic E-state index is 13.0. The average Bonchev–Trinajstić information content (AvgIpc) is 3.00. The van der Waals surface area contributed by atoms with E-state index in [9.17, 15) is 35.1 Å². The van der Waals surface area contributed by atoms with Gasteiger partial charge in [0.25, 0.3) is 0 Å². The third kappa shape index (κ3) is 10.7. The Balaban J connectivity index is 1.89. The topological polar surface area (TPSA) is 298 Å². The Bertz CT molecular complexity index is 1130. The second-order valence-electron chi connectivity index (χ2n) is 14.5. The van der Waals surface area contributed by atoms with Crippen LogP contribution in [-0.4, -0.2) is 166 Å². The van der Waals surface area contributed by atoms with Crippen LogP contribution >= 0.6 is 0 Å². The standard InChI is InChI=1S/C31H58N6O12/c1-30(2,3)49-29(44)37(5)26-23(42)28(46-14-31(26,4)45)48-25-19(36-27(43)20(40)8-9-32)10-18(34)21(22(25)41)24-17(33)7-6-16(47-24)12-35-11-15(39)13-38/h6,15,17-26,28,35,38-42,45H,7-14,32-34H2,1-5H3,(H,36,43)/t15?,17-,18+,19-,20+,21-,22+,23-,24?,25+,26-,28-,31+/m1/s1. The van der Waals surface area contributed by atoms with Crippen LogP contribution in [0.3, 0.4) is 0 Å². The van der Waals surface area contributed by atoms with E-state index in [1.54, 1.807) is 26.8 Å². The van der Waals surface area contributed by atoms with E-state index >= 15 is 0 Å². The number of nitrogens with two attached hydrogens (primary N) is 3. The molecular weight excluding hydrogens is 648 g/mol. The zero-order valence-corrected chi connectivity index (χ0v) is 29.0. The van der Waals surface area contributed by atoms with Gasteiger partial charge in [0.15, 0.2) is 6.29 Å². The summed E-state index contributed by atoms with van der Waals surface area (Å²) in [5.74, 6) is -1.15. The molecule has 2 fully saturated rings. The van der Waals surface area contributed by atoms with Gasteiger partial charge in [0.05, 0.1) is 44.1 Å². The van der Waals surface area contributed by atoms with Gasteiger partial charge in [-0.15, -0.1) is 0 Å². The third-order valence-electron chi connectivity index (χ3n) is 8.98. The summed E-state index contributed by atoms with van der Waals surface area (Å²) in [6, 6.07) is -3.68. The van der Waals surface area contributed by atoms with Crippen molar-refractivity contribution < 1.29 is 59.2 Å². The highest BCUT2D eigenvalue weighted by atomic mass is 16.7. The van der Waals surface area contributed by atoms with Gasteiger partial charge in [0.1, 0.15) is 41.4 Å². The van der Waals surface area contributed by atoms with Crippen LogP contribution in [0.4, 0.5) is 4.79 Å². The molecule has 1 saturated carbocycles. The Kier molecular flexibility index (Phi) is 14.6. The van der Waals surface area contributed by atoms with Crippen LogP contribution in [0.1, 0.15) is 47.0 Å². The predicted molar refractivity (Wildman–Crippen MR) is 174 cm³/mol. The number of carbonyl (C=O) groups is 2. The summed E-state index contributed by atoms with van der Waals surface area (Å²) in [5.41, 5.74) is 16.0. The average molecular weight is 707 g/mol. The van der Waals surface area contributed by atoms with Crippen molar-refractivity contribution in [1.29, 1.82) is 0 Å². The quantitative estimate of drug-likeness (QED) is 0.0868. The highest BCUT2D eigenvalue weighted by Crippen LogP contribution is 2.37. The van der Waals surface area contributed by atoms with E-state index in [1.165, 1.54) is 14.0 Å². The Morgan fingerprint density at radius 1 is 1.18 bits per heavy atom. The predicted octanol–water partition coefficient (Wildman–Crippen LogP) is -4.08. The minimum atomic E-state index is -1.74. The molecule has 0 aromatic heterocycles. The van der Waals surface area contributed by atoms with Crippen molar-refractivity contribution in [3.05, 3.63) is 11.8 Å². The molecule has 2 unspecified atom stereocenters. The van der Waals surface area contributed by atoms with E-state index in [2.05, 4.69) is 10.6 Å². The maximum Gasteiger partial charge on any atom is 0.410 e. The number of aliphatic hydroxyl groups excluding tert-OH is 5. The lowest BCUT2D eigenvalue weighted by Gasteiger charge is -2.51. The molecule has 1 aliphatic carbocycles. The van der Waals surface area contributed by atoms with Crippen molar-refractivity contribution in [2.75, 3.05) is 39.9 Å². The monoisotopic (exact) mass is 706 g/mol. The second-order valence-corrected chi connectivity index (χ2v) is 14.5. The Hall–Kier alpha value is -2.20. The van der Waals surface area contributed by atoms with E-state index in [4.69, 9.17) is 41.3 Å². The van der Waals surface area contributed by atoms with Gasteiger partial charge in [-0.05, 0) is 59.6 Å². The fraction of sp³-hybridized carbons (Fsp3) is 0.871. The number of rotatable bonds is 13. The molecule has 1 saturated heterocycles. The molecule has 2 amide bonds. The van der Waals surface area contributed by atoms with Crippen molar-refractivity contribution in [3.63, 3.8) is 0 Å². The van der Waals surface area contributed by atoms with E-state index in [1.807, 2.05) is 0 Å². The van der Waals surface area contributed by atoms with Crippen molar-refractivity contribution in [3.8, 4) is 0 Å². The maximum atomic E-state index is 13.0. The van der Waals surface area contributed by atoms with Crippen LogP contribution in [0.2, 0.25) is 0 Å². The molecular formula is C31H58N6O12. The lowest BCUT2D eigenvalue weighted by Crippen LogP contribution is -2.70. The highest BCUT2D eigenvalue weighted by molar-refractivity contribution is 5.80. The van der Waals surface area contributed by atoms with Crippen LogP contribution in [0.25, 0.3) is 0 Å². The molecule has 3 rings (SSSR count). The van der Waals surface area contributed by atoms with Crippen molar-refractivity contribution in [1.82, 2.24) is 15.5 Å². The number of nitrogens with one attached hydrogen (secondary N) is 2. The first kappa shape index (κ1) is 41.2. The molecule has 18 nitrogen and oxygen atoms in total. The molecule has 2 aliphatic heterocycles. The number of aliphatic hydroxyl groups is 6. The SMILES string of the molecule is CN(C(=O)OC(C)(C)C)[C@@H]1[C@@H](O)[C@@H](O[C@@H]2[C@@H](O)[C@H](C3OC(CNCC(O)CO)=CC[C@H]3N)[C@@H](N)C[C@H]2NC(=O)[C@@H](O)CCN)OC[C@]1(C)O. The van der Waals surface area contributed by atoms with Crippen LogP contribution < -0.4 is 27.8 Å². The Morgan fingerprint density at radius 3 is 2.47 bits per heavy atom. The summed E-state index contributed by atoms with van der Waals surface area (Å²) in [5, 5.41) is 69.3. The van der Waals surface area contributed by atoms with E-state index in [0.29, 0.717) is 12.2 Å². The number of carbonyl (C=O) groups excluding carboxylic acids is 2. The van der Waals surface area contributed by atoms with Gasteiger partial charge >= 0.3 is 6.09 Å². The molecule has 284 valence electrons. The number of likely N-dealkylation sites (N-methyl/N-ethyl adjacent to an activating group) is 1. The fourth-order valence-electron chi connectivity index (χ4n) is 6.55. The van der Waals surface area contributed by atoms with Crippen LogP contribution in [0, 0.1) is 5.92 Å². The second kappa shape index (κ2) is 17.3. The van der Waals surface area contributed by atoms with E-state index in [-0.39, 0.29) is 39.1 Å². The van der Waals surface area contributed by atoms with E-state index in [0.717, 1.165) is 4.90 Å². The first-order valence-electron chi connectivity index (χ1n) is 16.7. The van der Waals surface area contributed by atoms with Crippen LogP contribution in [0.5, 0.6) is 0 Å². The summed E-state index contributed by atoms with van der Waals surface area (Å²) in [4.78, 5) is 26.9. The molecule has 0 spiro atoms. The molecule has 49 heavy (non-hydrogen) atoms. The minimum Gasteiger partial charge on any atom is -0.492 e. The minimum absolute atomic E-state index is 0.0250. The van der Waals surface area contributed by atoms with Crippen molar-refractivity contribution in [2.24, 2.45) is 23.1 Å². The molecule has 14 N–H and O–H groups in total. The van der Waals surface area contributed by atoms with E-state index < -0.39 is 103 Å². The first-order chi connectivity index (χ1) is 22.8. The largest absolute Gasteiger partial charge is 0.492 e. The smallest absolute Gasteiger partial charge is 0.410 e. The zero-order valence-electron chi connectivity index (χ0n) is 29.0. The van der Waals surface area contributed by atoms with Gasteiger partial charge in [-0.2, -0.15) is 0 Å². The normalized spacial score (nSPS) is 36.6. The summed E-state index contributed by atoms with van der Waals surface area (Å²) in [6.07, 6.45) is -7.87. The molecule has 0 aromatic carbocycles. The molecule has 2 heterocycles. The van der Waals surface area contributed by atoms with Gasteiger partial charge in [0.2, 0.25) is 5.91 Å². The van der Waals surface area contributed by atoms with Gasteiger partial charge < -0.3 is 82.3 Å². The highest BCUT2D eigenvalue weighted by Gasteiger charge is 2.55.